The lowest BCUT2D eigenvalue weighted by atomic mass is 10.1. The average molecular weight is 292 g/mol. The van der Waals surface area contributed by atoms with Gasteiger partial charge < -0.3 is 4.74 Å². The molecule has 0 saturated carbocycles. The summed E-state index contributed by atoms with van der Waals surface area (Å²) in [4.78, 5) is 12.1. The Kier molecular flexibility index (Phi) is 9.50. The van der Waals surface area contributed by atoms with Gasteiger partial charge in [-0.25, -0.2) is 0 Å². The van der Waals surface area contributed by atoms with Crippen LogP contribution in [0.1, 0.15) is 60.3 Å². The Morgan fingerprint density at radius 1 is 1.16 bits per heavy atom. The summed E-state index contributed by atoms with van der Waals surface area (Å²) in [6.07, 6.45) is 3.67. The van der Waals surface area contributed by atoms with Gasteiger partial charge in [0, 0.05) is 0 Å². The smallest absolute Gasteiger partial charge is 0.319 e. The van der Waals surface area contributed by atoms with Gasteiger partial charge in [0.15, 0.2) is 0 Å². The minimum Gasteiger partial charge on any atom is -0.459 e. The van der Waals surface area contributed by atoms with E-state index in [0.717, 1.165) is 25.0 Å². The van der Waals surface area contributed by atoms with Crippen LogP contribution in [0.3, 0.4) is 0 Å². The number of carbonyl (C=O) groups is 1. The van der Waals surface area contributed by atoms with Crippen molar-refractivity contribution < 1.29 is 13.9 Å². The van der Waals surface area contributed by atoms with Gasteiger partial charge in [-0.1, -0.05) is 26.7 Å². The summed E-state index contributed by atoms with van der Waals surface area (Å²) in [6, 6.07) is 0. The van der Waals surface area contributed by atoms with Crippen LogP contribution in [0.15, 0.2) is 0 Å². The molecule has 0 saturated heterocycles. The summed E-state index contributed by atoms with van der Waals surface area (Å²) in [6.45, 7) is 9.55. The molecule has 0 rings (SSSR count). The highest BCUT2D eigenvalue weighted by molar-refractivity contribution is 8.00. The number of hydrogen-bond acceptors (Lipinski definition) is 3. The van der Waals surface area contributed by atoms with Crippen molar-refractivity contribution in [3.8, 4) is 0 Å². The van der Waals surface area contributed by atoms with E-state index in [4.69, 9.17) is 4.74 Å². The predicted octanol–water partition coefficient (Wildman–Crippen LogP) is 4.62. The molecule has 0 amide bonds. The number of rotatable bonds is 9. The molecule has 0 aliphatic rings. The van der Waals surface area contributed by atoms with Crippen LogP contribution in [-0.2, 0) is 9.53 Å². The van der Waals surface area contributed by atoms with Gasteiger partial charge in [0.25, 0.3) is 0 Å². The molecule has 1 atom stereocenters. The molecule has 19 heavy (non-hydrogen) atoms. The van der Waals surface area contributed by atoms with Crippen LogP contribution in [-0.4, -0.2) is 29.2 Å². The van der Waals surface area contributed by atoms with Crippen molar-refractivity contribution >= 4 is 17.7 Å². The van der Waals surface area contributed by atoms with E-state index in [1.807, 2.05) is 34.6 Å². The van der Waals surface area contributed by atoms with Gasteiger partial charge in [-0.15, -0.1) is 11.8 Å². The maximum absolute atomic E-state index is 12.1. The van der Waals surface area contributed by atoms with Crippen LogP contribution in [0.5, 0.6) is 0 Å². The maximum Gasteiger partial charge on any atom is 0.319 e. The summed E-state index contributed by atoms with van der Waals surface area (Å²) < 4.78 is 17.4. The number of unbranched alkanes of at least 4 members (excludes halogenated alkanes) is 3. The first-order valence-electron chi connectivity index (χ1n) is 7.18. The zero-order chi connectivity index (χ0) is 14.9. The summed E-state index contributed by atoms with van der Waals surface area (Å²) >= 11 is 1.67. The molecule has 0 radical (unpaired) electrons. The lowest BCUT2D eigenvalue weighted by molar-refractivity contribution is -0.154. The van der Waals surface area contributed by atoms with Gasteiger partial charge in [-0.3, -0.25) is 9.18 Å². The molecular formula is C15H29FO2S. The van der Waals surface area contributed by atoms with Gasteiger partial charge in [-0.05, 0) is 45.3 Å². The molecule has 0 aliphatic heterocycles. The van der Waals surface area contributed by atoms with E-state index in [1.54, 1.807) is 11.8 Å². The topological polar surface area (TPSA) is 26.3 Å². The molecule has 114 valence electrons. The molecule has 0 N–H and O–H groups in total. The largest absolute Gasteiger partial charge is 0.459 e. The van der Waals surface area contributed by atoms with E-state index in [0.29, 0.717) is 6.42 Å². The molecule has 0 fully saturated rings. The van der Waals surface area contributed by atoms with Gasteiger partial charge in [0.05, 0.1) is 6.67 Å². The second-order valence-corrected chi connectivity index (χ2v) is 7.42. The normalized spacial score (nSPS) is 13.6. The van der Waals surface area contributed by atoms with Gasteiger partial charge in [-0.2, -0.15) is 0 Å². The van der Waals surface area contributed by atoms with E-state index < -0.39 is 5.60 Å². The Labute approximate surface area is 121 Å². The highest BCUT2D eigenvalue weighted by Gasteiger charge is 2.27. The van der Waals surface area contributed by atoms with Crippen molar-refractivity contribution in [1.29, 1.82) is 0 Å². The minimum atomic E-state index is -0.425. The van der Waals surface area contributed by atoms with E-state index in [2.05, 4.69) is 0 Å². The Morgan fingerprint density at radius 2 is 1.74 bits per heavy atom. The monoisotopic (exact) mass is 292 g/mol. The van der Waals surface area contributed by atoms with Gasteiger partial charge in [0.2, 0.25) is 0 Å². The SMILES string of the molecule is CC(C)C(SCCCCCCF)C(=O)OC(C)(C)C. The van der Waals surface area contributed by atoms with Crippen LogP contribution < -0.4 is 0 Å². The van der Waals surface area contributed by atoms with Crippen LogP contribution in [0.4, 0.5) is 4.39 Å². The Hall–Kier alpha value is -0.250. The number of hydrogen-bond donors (Lipinski definition) is 0. The molecule has 0 heterocycles. The Morgan fingerprint density at radius 3 is 2.21 bits per heavy atom. The summed E-state index contributed by atoms with van der Waals surface area (Å²) in [7, 11) is 0. The van der Waals surface area contributed by atoms with Crippen molar-refractivity contribution in [1.82, 2.24) is 0 Å². The van der Waals surface area contributed by atoms with Crippen molar-refractivity contribution in [3.05, 3.63) is 0 Å². The summed E-state index contributed by atoms with van der Waals surface area (Å²) in [5.41, 5.74) is -0.425. The number of thioether (sulfide) groups is 1. The predicted molar refractivity (Wildman–Crippen MR) is 81.4 cm³/mol. The van der Waals surface area contributed by atoms with E-state index in [1.165, 1.54) is 0 Å². The Bertz CT molecular complexity index is 249. The van der Waals surface area contributed by atoms with Crippen LogP contribution in [0, 0.1) is 5.92 Å². The standard InChI is InChI=1S/C15H29FO2S/c1-12(2)13(14(17)18-15(3,4)5)19-11-9-7-6-8-10-16/h12-13H,6-11H2,1-5H3. The number of alkyl halides is 1. The van der Waals surface area contributed by atoms with Gasteiger partial charge in [0.1, 0.15) is 10.9 Å². The third kappa shape index (κ3) is 10.2. The van der Waals surface area contributed by atoms with Crippen molar-refractivity contribution in [2.45, 2.75) is 71.2 Å². The van der Waals surface area contributed by atoms with E-state index >= 15 is 0 Å². The minimum absolute atomic E-state index is 0.0969. The molecule has 0 bridgehead atoms. The second-order valence-electron chi connectivity index (χ2n) is 6.17. The number of ether oxygens (including phenoxy) is 1. The van der Waals surface area contributed by atoms with Gasteiger partial charge >= 0.3 is 5.97 Å². The zero-order valence-corrected chi connectivity index (χ0v) is 13.8. The fourth-order valence-corrected chi connectivity index (χ4v) is 2.85. The Balaban J connectivity index is 4.02. The highest BCUT2D eigenvalue weighted by atomic mass is 32.2. The van der Waals surface area contributed by atoms with Crippen LogP contribution >= 0.6 is 11.8 Å². The van der Waals surface area contributed by atoms with Crippen molar-refractivity contribution in [2.24, 2.45) is 5.92 Å². The van der Waals surface area contributed by atoms with Crippen LogP contribution in [0.25, 0.3) is 0 Å². The second kappa shape index (κ2) is 9.62. The fourth-order valence-electron chi connectivity index (χ4n) is 1.65. The van der Waals surface area contributed by atoms with Crippen LogP contribution in [0.2, 0.25) is 0 Å². The average Bonchev–Trinajstić information content (AvgIpc) is 2.24. The first kappa shape index (κ1) is 18.8. The zero-order valence-electron chi connectivity index (χ0n) is 13.0. The molecule has 0 spiro atoms. The lowest BCUT2D eigenvalue weighted by Gasteiger charge is -2.25. The van der Waals surface area contributed by atoms with E-state index in [-0.39, 0.29) is 23.8 Å². The number of carbonyl (C=O) groups excluding carboxylic acids is 1. The molecule has 4 heteroatoms. The molecule has 2 nitrogen and oxygen atoms in total. The lowest BCUT2D eigenvalue weighted by Crippen LogP contribution is -2.33. The van der Waals surface area contributed by atoms with Crippen molar-refractivity contribution in [3.63, 3.8) is 0 Å². The summed E-state index contributed by atoms with van der Waals surface area (Å²) in [5.74, 6) is 1.09. The quantitative estimate of drug-likeness (QED) is 0.458. The van der Waals surface area contributed by atoms with Crippen molar-refractivity contribution in [2.75, 3.05) is 12.4 Å². The third-order valence-corrected chi connectivity index (χ3v) is 4.19. The molecular weight excluding hydrogens is 263 g/mol. The fraction of sp³-hybridized carbons (Fsp3) is 0.933. The highest BCUT2D eigenvalue weighted by Crippen LogP contribution is 2.24. The first-order valence-corrected chi connectivity index (χ1v) is 8.23. The number of esters is 1. The summed E-state index contributed by atoms with van der Waals surface area (Å²) in [5, 5.41) is -0.0969. The molecule has 0 aliphatic carbocycles. The third-order valence-electron chi connectivity index (χ3n) is 2.57. The molecule has 0 aromatic carbocycles. The number of halogens is 1. The molecule has 0 aromatic heterocycles. The maximum atomic E-state index is 12.1. The molecule has 0 aromatic rings. The van der Waals surface area contributed by atoms with E-state index in [9.17, 15) is 9.18 Å². The first-order chi connectivity index (χ1) is 8.78. The molecule has 1 unspecified atom stereocenters.